The Morgan fingerprint density at radius 1 is 0.909 bits per heavy atom. The van der Waals surface area contributed by atoms with E-state index >= 15 is 0 Å². The molecule has 0 bridgehead atoms. The lowest BCUT2D eigenvalue weighted by Gasteiger charge is -2.13. The summed E-state index contributed by atoms with van der Waals surface area (Å²) >= 11 is 3.33. The highest BCUT2D eigenvalue weighted by atomic mass is 32.2. The largest absolute Gasteiger partial charge is 0.493 e. The Bertz CT molecular complexity index is 1260. The first-order valence-corrected chi connectivity index (χ1v) is 11.8. The van der Waals surface area contributed by atoms with Crippen molar-refractivity contribution in [3.05, 3.63) is 83.4 Å². The molecule has 0 saturated heterocycles. The van der Waals surface area contributed by atoms with E-state index in [-0.39, 0.29) is 5.56 Å². The van der Waals surface area contributed by atoms with E-state index in [9.17, 15) is 9.59 Å². The molecule has 1 aromatic heterocycles. The summed E-state index contributed by atoms with van der Waals surface area (Å²) in [7, 11) is 2.94. The number of para-hydroxylation sites is 2. The van der Waals surface area contributed by atoms with Gasteiger partial charge in [0.25, 0.3) is 11.8 Å². The zero-order valence-electron chi connectivity index (χ0n) is 18.0. The Morgan fingerprint density at radius 3 is 2.39 bits per heavy atom. The molecule has 0 unspecified atom stereocenters. The van der Waals surface area contributed by atoms with Gasteiger partial charge in [-0.1, -0.05) is 42.1 Å². The minimum Gasteiger partial charge on any atom is -0.493 e. The molecule has 2 N–H and O–H groups in total. The third-order valence-corrected chi connectivity index (χ3v) is 7.04. The molecule has 9 heteroatoms. The van der Waals surface area contributed by atoms with Crippen molar-refractivity contribution < 1.29 is 19.1 Å². The molecule has 3 aromatic carbocycles. The number of methoxy groups -OCH3 is 2. The molecular formula is C24H21N3O4S2. The predicted molar refractivity (Wildman–Crippen MR) is 130 cm³/mol. The van der Waals surface area contributed by atoms with Crippen molar-refractivity contribution in [2.75, 3.05) is 14.2 Å². The van der Waals surface area contributed by atoms with E-state index in [4.69, 9.17) is 9.47 Å². The second-order valence-electron chi connectivity index (χ2n) is 6.88. The highest BCUT2D eigenvalue weighted by Gasteiger charge is 2.17. The van der Waals surface area contributed by atoms with Crippen LogP contribution in [0.1, 0.15) is 26.3 Å². The number of hydrogen-bond acceptors (Lipinski definition) is 7. The van der Waals surface area contributed by atoms with Crippen LogP contribution in [-0.2, 0) is 5.75 Å². The summed E-state index contributed by atoms with van der Waals surface area (Å²) in [6.07, 6.45) is 0. The highest BCUT2D eigenvalue weighted by Crippen LogP contribution is 2.32. The van der Waals surface area contributed by atoms with Crippen molar-refractivity contribution in [2.24, 2.45) is 0 Å². The lowest BCUT2D eigenvalue weighted by atomic mass is 10.1. The van der Waals surface area contributed by atoms with E-state index in [1.165, 1.54) is 18.9 Å². The Kier molecular flexibility index (Phi) is 7.11. The molecule has 0 fully saturated rings. The molecular weight excluding hydrogens is 458 g/mol. The summed E-state index contributed by atoms with van der Waals surface area (Å²) in [5, 5.41) is 0. The van der Waals surface area contributed by atoms with E-state index < -0.39 is 11.8 Å². The number of carbonyl (C=O) groups excluding carboxylic acids is 2. The van der Waals surface area contributed by atoms with Gasteiger partial charge in [-0.15, -0.1) is 11.3 Å². The van der Waals surface area contributed by atoms with Crippen LogP contribution in [0.5, 0.6) is 11.5 Å². The van der Waals surface area contributed by atoms with Gasteiger partial charge in [-0.05, 0) is 42.0 Å². The molecule has 0 aliphatic carbocycles. The van der Waals surface area contributed by atoms with Gasteiger partial charge in [0.15, 0.2) is 15.8 Å². The first kappa shape index (κ1) is 22.6. The molecule has 0 spiro atoms. The van der Waals surface area contributed by atoms with Gasteiger partial charge in [0.1, 0.15) is 0 Å². The number of thioether (sulfide) groups is 1. The van der Waals surface area contributed by atoms with Crippen molar-refractivity contribution in [1.82, 2.24) is 15.8 Å². The number of thiazole rings is 1. The number of nitrogens with one attached hydrogen (secondary N) is 2. The number of hydrogen-bond donors (Lipinski definition) is 2. The summed E-state index contributed by atoms with van der Waals surface area (Å²) in [4.78, 5) is 29.6. The number of fused-ring (bicyclic) bond motifs is 1. The molecule has 0 saturated carbocycles. The predicted octanol–water partition coefficient (Wildman–Crippen LogP) is 4.68. The van der Waals surface area contributed by atoms with E-state index in [1.807, 2.05) is 30.3 Å². The second-order valence-corrected chi connectivity index (χ2v) is 9.14. The van der Waals surface area contributed by atoms with Crippen molar-refractivity contribution in [3.63, 3.8) is 0 Å². The number of carbonyl (C=O) groups is 2. The zero-order valence-corrected chi connectivity index (χ0v) is 19.6. The third-order valence-electron chi connectivity index (χ3n) is 4.79. The van der Waals surface area contributed by atoms with Gasteiger partial charge in [-0.3, -0.25) is 20.4 Å². The maximum absolute atomic E-state index is 12.5. The Balaban J connectivity index is 1.33. The molecule has 4 aromatic rings. The van der Waals surface area contributed by atoms with Gasteiger partial charge in [0.2, 0.25) is 0 Å². The first-order chi connectivity index (χ1) is 16.1. The molecule has 0 aliphatic rings. The van der Waals surface area contributed by atoms with Crippen molar-refractivity contribution >= 4 is 45.1 Å². The SMILES string of the molecule is COc1cccc(C(=O)NNC(=O)c2ccc(CSc3nc4ccccc4s3)cc2)c1OC. The number of benzene rings is 3. The lowest BCUT2D eigenvalue weighted by Crippen LogP contribution is -2.41. The van der Waals surface area contributed by atoms with Crippen LogP contribution in [0.3, 0.4) is 0 Å². The van der Waals surface area contributed by atoms with E-state index in [2.05, 4.69) is 21.9 Å². The first-order valence-electron chi connectivity index (χ1n) is 9.98. The van der Waals surface area contributed by atoms with Crippen LogP contribution in [0.25, 0.3) is 10.2 Å². The molecule has 2 amide bonds. The summed E-state index contributed by atoms with van der Waals surface area (Å²) in [5.74, 6) is 0.532. The van der Waals surface area contributed by atoms with Crippen LogP contribution >= 0.6 is 23.1 Å². The van der Waals surface area contributed by atoms with E-state index in [0.29, 0.717) is 17.1 Å². The highest BCUT2D eigenvalue weighted by molar-refractivity contribution is 8.00. The second kappa shape index (κ2) is 10.4. The number of nitrogens with zero attached hydrogens (tertiary/aromatic N) is 1. The van der Waals surface area contributed by atoms with Crippen molar-refractivity contribution in [2.45, 2.75) is 10.1 Å². The van der Waals surface area contributed by atoms with Crippen molar-refractivity contribution in [1.29, 1.82) is 0 Å². The molecule has 0 atom stereocenters. The Labute approximate surface area is 199 Å². The van der Waals surface area contributed by atoms with Crippen LogP contribution in [-0.4, -0.2) is 31.0 Å². The lowest BCUT2D eigenvalue weighted by molar-refractivity contribution is 0.0844. The van der Waals surface area contributed by atoms with Gasteiger partial charge in [-0.2, -0.15) is 0 Å². The fourth-order valence-electron chi connectivity index (χ4n) is 3.13. The van der Waals surface area contributed by atoms with Crippen LogP contribution in [0.2, 0.25) is 0 Å². The summed E-state index contributed by atoms with van der Waals surface area (Å²) in [6, 6.07) is 20.2. The van der Waals surface area contributed by atoms with Gasteiger partial charge >= 0.3 is 0 Å². The maximum atomic E-state index is 12.5. The normalized spacial score (nSPS) is 10.6. The standard InChI is InChI=1S/C24H21N3O4S2/c1-30-19-8-5-6-17(21(19)31-2)23(29)27-26-22(28)16-12-10-15(11-13-16)14-32-24-25-18-7-3-4-9-20(18)33-24/h3-13H,14H2,1-2H3,(H,26,28)(H,27,29). The van der Waals surface area contributed by atoms with E-state index in [1.54, 1.807) is 53.4 Å². The summed E-state index contributed by atoms with van der Waals surface area (Å²) in [5.41, 5.74) is 7.60. The van der Waals surface area contributed by atoms with Gasteiger partial charge in [0.05, 0.1) is 30.0 Å². The molecule has 4 rings (SSSR count). The topological polar surface area (TPSA) is 89.6 Å². The van der Waals surface area contributed by atoms with Crippen LogP contribution in [0.15, 0.2) is 71.1 Å². The molecule has 7 nitrogen and oxygen atoms in total. The van der Waals surface area contributed by atoms with E-state index in [0.717, 1.165) is 21.2 Å². The van der Waals surface area contributed by atoms with Crippen LogP contribution in [0, 0.1) is 0 Å². The van der Waals surface area contributed by atoms with Gasteiger partial charge in [0, 0.05) is 11.3 Å². The Morgan fingerprint density at radius 2 is 1.67 bits per heavy atom. The summed E-state index contributed by atoms with van der Waals surface area (Å²) in [6.45, 7) is 0. The smallest absolute Gasteiger partial charge is 0.273 e. The minimum atomic E-state index is -0.511. The fraction of sp³-hybridized carbons (Fsp3) is 0.125. The Hall–Kier alpha value is -3.56. The molecule has 0 radical (unpaired) electrons. The number of aromatic nitrogens is 1. The zero-order chi connectivity index (χ0) is 23.2. The van der Waals surface area contributed by atoms with Gasteiger partial charge in [-0.25, -0.2) is 4.98 Å². The van der Waals surface area contributed by atoms with Crippen LogP contribution in [0.4, 0.5) is 0 Å². The average Bonchev–Trinajstić information content (AvgIpc) is 3.28. The minimum absolute atomic E-state index is 0.249. The van der Waals surface area contributed by atoms with Crippen LogP contribution < -0.4 is 20.3 Å². The third kappa shape index (κ3) is 5.27. The van der Waals surface area contributed by atoms with Crippen molar-refractivity contribution in [3.8, 4) is 11.5 Å². The number of amides is 2. The molecule has 168 valence electrons. The molecule has 33 heavy (non-hydrogen) atoms. The number of rotatable bonds is 7. The molecule has 1 heterocycles. The number of hydrazine groups is 1. The quantitative estimate of drug-likeness (QED) is 0.296. The fourth-order valence-corrected chi connectivity index (χ4v) is 5.15. The maximum Gasteiger partial charge on any atom is 0.273 e. The monoisotopic (exact) mass is 479 g/mol. The number of ether oxygens (including phenoxy) is 2. The average molecular weight is 480 g/mol. The summed E-state index contributed by atoms with van der Waals surface area (Å²) < 4.78 is 12.6. The van der Waals surface area contributed by atoms with Gasteiger partial charge < -0.3 is 9.47 Å². The molecule has 0 aliphatic heterocycles.